The Bertz CT molecular complexity index is 1360. The van der Waals surface area contributed by atoms with Crippen molar-refractivity contribution in [1.29, 1.82) is 0 Å². The molecule has 4 rings (SSSR count). The van der Waals surface area contributed by atoms with Gasteiger partial charge in [-0.2, -0.15) is 0 Å². The molecule has 0 atom stereocenters. The fourth-order valence-electron chi connectivity index (χ4n) is 3.52. The van der Waals surface area contributed by atoms with Gasteiger partial charge in [-0.05, 0) is 62.4 Å². The SMILES string of the molecule is CCOc1cc(OCC)cc(C(=O)Nc2ccc(Cl)c(-n3cnc4cc(C(=O)O)ccc43)c2)c1. The quantitative estimate of drug-likeness (QED) is 0.349. The van der Waals surface area contributed by atoms with Crippen LogP contribution in [-0.4, -0.2) is 39.7 Å². The first-order valence-electron chi connectivity index (χ1n) is 10.6. The second-order valence-electron chi connectivity index (χ2n) is 7.30. The topological polar surface area (TPSA) is 103 Å². The Hall–Kier alpha value is -4.04. The Balaban J connectivity index is 1.65. The van der Waals surface area contributed by atoms with E-state index in [4.69, 9.17) is 21.1 Å². The molecule has 9 heteroatoms. The molecular weight excluding hydrogens is 458 g/mol. The van der Waals surface area contributed by atoms with Crippen molar-refractivity contribution in [3.8, 4) is 17.2 Å². The summed E-state index contributed by atoms with van der Waals surface area (Å²) >= 11 is 6.45. The van der Waals surface area contributed by atoms with Gasteiger partial charge in [0.15, 0.2) is 0 Å². The van der Waals surface area contributed by atoms with Gasteiger partial charge in [0.25, 0.3) is 5.91 Å². The summed E-state index contributed by atoms with van der Waals surface area (Å²) in [6, 6.07) is 14.8. The Labute approximate surface area is 200 Å². The summed E-state index contributed by atoms with van der Waals surface area (Å²) in [7, 11) is 0. The molecule has 0 aliphatic rings. The number of carbonyl (C=O) groups excluding carboxylic acids is 1. The molecule has 0 fully saturated rings. The molecule has 0 spiro atoms. The number of halogens is 1. The number of rotatable bonds is 8. The van der Waals surface area contributed by atoms with Crippen LogP contribution < -0.4 is 14.8 Å². The van der Waals surface area contributed by atoms with Gasteiger partial charge >= 0.3 is 5.97 Å². The number of carboxylic acid groups (broad SMARTS) is 1. The maximum absolute atomic E-state index is 13.0. The number of carboxylic acids is 1. The second kappa shape index (κ2) is 9.84. The molecule has 174 valence electrons. The summed E-state index contributed by atoms with van der Waals surface area (Å²) in [4.78, 5) is 28.5. The lowest BCUT2D eigenvalue weighted by Crippen LogP contribution is -2.13. The number of aromatic nitrogens is 2. The summed E-state index contributed by atoms with van der Waals surface area (Å²) < 4.78 is 12.9. The van der Waals surface area contributed by atoms with Crippen molar-refractivity contribution in [3.63, 3.8) is 0 Å². The van der Waals surface area contributed by atoms with Crippen LogP contribution in [0.2, 0.25) is 5.02 Å². The van der Waals surface area contributed by atoms with Crippen molar-refractivity contribution in [1.82, 2.24) is 9.55 Å². The highest BCUT2D eigenvalue weighted by molar-refractivity contribution is 6.32. The molecule has 0 saturated heterocycles. The third-order valence-corrected chi connectivity index (χ3v) is 5.34. The lowest BCUT2D eigenvalue weighted by atomic mass is 10.1. The molecule has 0 radical (unpaired) electrons. The van der Waals surface area contributed by atoms with Gasteiger partial charge in [0, 0.05) is 17.3 Å². The molecule has 1 heterocycles. The molecule has 0 saturated carbocycles. The van der Waals surface area contributed by atoms with Gasteiger partial charge < -0.3 is 19.9 Å². The number of ether oxygens (including phenoxy) is 2. The highest BCUT2D eigenvalue weighted by Gasteiger charge is 2.14. The normalized spacial score (nSPS) is 10.8. The van der Waals surface area contributed by atoms with Gasteiger partial charge in [-0.25, -0.2) is 9.78 Å². The number of hydrogen-bond donors (Lipinski definition) is 2. The first-order valence-corrected chi connectivity index (χ1v) is 11.0. The Morgan fingerprint density at radius 3 is 2.32 bits per heavy atom. The van der Waals surface area contributed by atoms with Gasteiger partial charge in [0.1, 0.15) is 17.8 Å². The fourth-order valence-corrected chi connectivity index (χ4v) is 3.73. The maximum atomic E-state index is 13.0. The summed E-state index contributed by atoms with van der Waals surface area (Å²) in [6.45, 7) is 4.66. The number of anilines is 1. The van der Waals surface area contributed by atoms with Crippen LogP contribution in [0.15, 0.2) is 60.9 Å². The molecule has 0 bridgehead atoms. The number of benzene rings is 3. The molecule has 1 amide bonds. The van der Waals surface area contributed by atoms with Crippen LogP contribution in [-0.2, 0) is 0 Å². The van der Waals surface area contributed by atoms with Gasteiger partial charge in [0.2, 0.25) is 0 Å². The number of nitrogens with one attached hydrogen (secondary N) is 1. The molecule has 4 aromatic rings. The van der Waals surface area contributed by atoms with Crippen molar-refractivity contribution in [2.24, 2.45) is 0 Å². The molecule has 8 nitrogen and oxygen atoms in total. The van der Waals surface area contributed by atoms with Crippen LogP contribution in [0.3, 0.4) is 0 Å². The van der Waals surface area contributed by atoms with E-state index >= 15 is 0 Å². The molecule has 2 N–H and O–H groups in total. The summed E-state index contributed by atoms with van der Waals surface area (Å²) in [5.74, 6) is -0.278. The largest absolute Gasteiger partial charge is 0.494 e. The van der Waals surface area contributed by atoms with E-state index in [1.165, 1.54) is 12.1 Å². The van der Waals surface area contributed by atoms with Crippen LogP contribution in [0.5, 0.6) is 11.5 Å². The van der Waals surface area contributed by atoms with Crippen molar-refractivity contribution < 1.29 is 24.2 Å². The highest BCUT2D eigenvalue weighted by Crippen LogP contribution is 2.29. The lowest BCUT2D eigenvalue weighted by Gasteiger charge is -2.13. The van der Waals surface area contributed by atoms with Crippen molar-refractivity contribution in [3.05, 3.63) is 77.1 Å². The minimum absolute atomic E-state index is 0.144. The summed E-state index contributed by atoms with van der Waals surface area (Å²) in [5, 5.41) is 12.5. The summed E-state index contributed by atoms with van der Waals surface area (Å²) in [6.07, 6.45) is 1.56. The van der Waals surface area contributed by atoms with E-state index in [9.17, 15) is 14.7 Å². The zero-order valence-corrected chi connectivity index (χ0v) is 19.3. The molecule has 0 unspecified atom stereocenters. The number of fused-ring (bicyclic) bond motifs is 1. The van der Waals surface area contributed by atoms with E-state index in [1.807, 2.05) is 13.8 Å². The minimum atomic E-state index is -1.03. The van der Waals surface area contributed by atoms with E-state index in [1.54, 1.807) is 53.4 Å². The smallest absolute Gasteiger partial charge is 0.335 e. The van der Waals surface area contributed by atoms with E-state index in [-0.39, 0.29) is 11.5 Å². The van der Waals surface area contributed by atoms with Crippen LogP contribution in [0.4, 0.5) is 5.69 Å². The number of nitrogens with zero attached hydrogens (tertiary/aromatic N) is 2. The van der Waals surface area contributed by atoms with Gasteiger partial charge in [-0.15, -0.1) is 0 Å². The van der Waals surface area contributed by atoms with Crippen LogP contribution in [0.25, 0.3) is 16.7 Å². The highest BCUT2D eigenvalue weighted by atomic mass is 35.5. The van der Waals surface area contributed by atoms with Crippen molar-refractivity contribution in [2.75, 3.05) is 18.5 Å². The third kappa shape index (κ3) is 4.82. The standard InChI is InChI=1S/C25H22ClN3O5/c1-3-33-18-9-16(10-19(13-18)34-4-2)24(30)28-17-6-7-20(26)23(12-17)29-14-27-21-11-15(25(31)32)5-8-22(21)29/h5-14H,3-4H2,1-2H3,(H,28,30)(H,31,32). The molecule has 0 aliphatic heterocycles. The predicted molar refractivity (Wildman–Crippen MR) is 130 cm³/mol. The fraction of sp³-hybridized carbons (Fsp3) is 0.160. The number of aromatic carboxylic acids is 1. The van der Waals surface area contributed by atoms with Crippen LogP contribution in [0.1, 0.15) is 34.6 Å². The number of hydrogen-bond acceptors (Lipinski definition) is 5. The van der Waals surface area contributed by atoms with Crippen LogP contribution >= 0.6 is 11.6 Å². The molecule has 1 aromatic heterocycles. The van der Waals surface area contributed by atoms with Gasteiger partial charge in [-0.1, -0.05) is 11.6 Å². The Kier molecular flexibility index (Phi) is 6.70. The van der Waals surface area contributed by atoms with Crippen molar-refractivity contribution >= 4 is 40.2 Å². The van der Waals surface area contributed by atoms with Crippen LogP contribution in [0, 0.1) is 0 Å². The van der Waals surface area contributed by atoms with E-state index in [0.29, 0.717) is 57.7 Å². The average molecular weight is 480 g/mol. The molecule has 34 heavy (non-hydrogen) atoms. The zero-order valence-electron chi connectivity index (χ0n) is 18.5. The first-order chi connectivity index (χ1) is 16.4. The zero-order chi connectivity index (χ0) is 24.2. The first kappa shape index (κ1) is 23.1. The lowest BCUT2D eigenvalue weighted by molar-refractivity contribution is 0.0696. The van der Waals surface area contributed by atoms with Crippen molar-refractivity contribution in [2.45, 2.75) is 13.8 Å². The maximum Gasteiger partial charge on any atom is 0.335 e. The number of amides is 1. The monoisotopic (exact) mass is 479 g/mol. The Morgan fingerprint density at radius 1 is 0.971 bits per heavy atom. The average Bonchev–Trinajstić information content (AvgIpc) is 3.23. The molecule has 3 aromatic carbocycles. The predicted octanol–water partition coefficient (Wildman–Crippen LogP) is 5.43. The van der Waals surface area contributed by atoms with E-state index in [0.717, 1.165) is 0 Å². The number of carbonyl (C=O) groups is 2. The third-order valence-electron chi connectivity index (χ3n) is 5.02. The molecule has 0 aliphatic carbocycles. The second-order valence-corrected chi connectivity index (χ2v) is 7.71. The number of imidazole rings is 1. The van der Waals surface area contributed by atoms with Gasteiger partial charge in [0.05, 0.1) is 40.5 Å². The van der Waals surface area contributed by atoms with E-state index < -0.39 is 5.97 Å². The molecular formula is C25H22ClN3O5. The van der Waals surface area contributed by atoms with E-state index in [2.05, 4.69) is 10.3 Å². The summed E-state index contributed by atoms with van der Waals surface area (Å²) in [5.41, 5.74) is 2.84. The Morgan fingerprint density at radius 2 is 1.68 bits per heavy atom. The minimum Gasteiger partial charge on any atom is -0.494 e. The van der Waals surface area contributed by atoms with Gasteiger partial charge in [-0.3, -0.25) is 9.36 Å².